The SMILES string of the molecule is Cc1sc2nc(CN3CC(C)OC(C)C3)[nH]c(=O)c2c1-c1ccccc1. The van der Waals surface area contributed by atoms with Gasteiger partial charge in [0.05, 0.1) is 24.1 Å². The van der Waals surface area contributed by atoms with Gasteiger partial charge in [0, 0.05) is 23.5 Å². The topological polar surface area (TPSA) is 58.2 Å². The highest BCUT2D eigenvalue weighted by Gasteiger charge is 2.23. The third-order valence-electron chi connectivity index (χ3n) is 4.72. The number of nitrogens with one attached hydrogen (secondary N) is 1. The number of nitrogens with zero attached hydrogens (tertiary/aromatic N) is 2. The summed E-state index contributed by atoms with van der Waals surface area (Å²) in [5.41, 5.74) is 2.01. The maximum Gasteiger partial charge on any atom is 0.260 e. The third-order valence-corrected chi connectivity index (χ3v) is 5.72. The molecule has 6 heteroatoms. The quantitative estimate of drug-likeness (QED) is 0.767. The number of hydrogen-bond acceptors (Lipinski definition) is 5. The van der Waals surface area contributed by atoms with Gasteiger partial charge >= 0.3 is 0 Å². The minimum absolute atomic E-state index is 0.0532. The van der Waals surface area contributed by atoms with Crippen molar-refractivity contribution in [2.24, 2.45) is 0 Å². The molecule has 0 amide bonds. The average Bonchev–Trinajstić information content (AvgIpc) is 2.91. The van der Waals surface area contributed by atoms with E-state index < -0.39 is 0 Å². The number of aromatic nitrogens is 2. The van der Waals surface area contributed by atoms with Crippen molar-refractivity contribution in [3.05, 3.63) is 51.4 Å². The number of morpholine rings is 1. The summed E-state index contributed by atoms with van der Waals surface area (Å²) in [5.74, 6) is 0.727. The third kappa shape index (κ3) is 3.32. The summed E-state index contributed by atoms with van der Waals surface area (Å²) in [7, 11) is 0. The molecule has 4 rings (SSSR count). The van der Waals surface area contributed by atoms with Crippen molar-refractivity contribution in [1.29, 1.82) is 0 Å². The van der Waals surface area contributed by atoms with Gasteiger partial charge in [-0.2, -0.15) is 0 Å². The molecule has 2 aromatic heterocycles. The number of thiophene rings is 1. The van der Waals surface area contributed by atoms with Crippen LogP contribution >= 0.6 is 11.3 Å². The lowest BCUT2D eigenvalue weighted by Gasteiger charge is -2.34. The standard InChI is InChI=1S/C20H23N3O2S/c1-12-9-23(10-13(2)25-12)11-16-21-19(24)18-17(14(3)26-20(18)22-16)15-7-5-4-6-8-15/h4-8,12-13H,9-11H2,1-3H3,(H,21,22,24). The van der Waals surface area contributed by atoms with Crippen molar-refractivity contribution < 1.29 is 4.74 Å². The van der Waals surface area contributed by atoms with Gasteiger partial charge in [-0.05, 0) is 26.3 Å². The molecule has 2 atom stereocenters. The van der Waals surface area contributed by atoms with Gasteiger partial charge in [-0.25, -0.2) is 4.98 Å². The van der Waals surface area contributed by atoms with Crippen LogP contribution in [0.1, 0.15) is 24.5 Å². The molecule has 1 fully saturated rings. The highest BCUT2D eigenvalue weighted by molar-refractivity contribution is 7.19. The van der Waals surface area contributed by atoms with Crippen LogP contribution in [0.4, 0.5) is 0 Å². The highest BCUT2D eigenvalue weighted by Crippen LogP contribution is 2.35. The van der Waals surface area contributed by atoms with E-state index in [1.165, 1.54) is 0 Å². The zero-order valence-electron chi connectivity index (χ0n) is 15.3. The summed E-state index contributed by atoms with van der Waals surface area (Å²) >= 11 is 1.59. The molecule has 1 N–H and O–H groups in total. The van der Waals surface area contributed by atoms with Gasteiger partial charge in [0.25, 0.3) is 5.56 Å². The van der Waals surface area contributed by atoms with E-state index in [0.717, 1.165) is 39.7 Å². The van der Waals surface area contributed by atoms with E-state index in [9.17, 15) is 4.79 Å². The molecule has 0 aliphatic carbocycles. The van der Waals surface area contributed by atoms with E-state index in [2.05, 4.69) is 30.7 Å². The van der Waals surface area contributed by atoms with Crippen LogP contribution in [0, 0.1) is 6.92 Å². The first-order valence-corrected chi connectivity index (χ1v) is 9.78. The molecule has 0 saturated carbocycles. The second-order valence-corrected chi connectivity index (χ2v) is 8.25. The van der Waals surface area contributed by atoms with Crippen LogP contribution in [0.5, 0.6) is 0 Å². The number of fused-ring (bicyclic) bond motifs is 1. The van der Waals surface area contributed by atoms with Crippen molar-refractivity contribution in [3.8, 4) is 11.1 Å². The Morgan fingerprint density at radius 1 is 1.23 bits per heavy atom. The first-order valence-electron chi connectivity index (χ1n) is 8.97. The molecule has 0 spiro atoms. The van der Waals surface area contributed by atoms with Crippen molar-refractivity contribution in [1.82, 2.24) is 14.9 Å². The number of H-pyrrole nitrogens is 1. The first-order chi connectivity index (χ1) is 12.5. The van der Waals surface area contributed by atoms with Crippen LogP contribution < -0.4 is 5.56 Å². The average molecular weight is 369 g/mol. The fourth-order valence-electron chi connectivity index (χ4n) is 3.82. The minimum Gasteiger partial charge on any atom is -0.373 e. The normalized spacial score (nSPS) is 21.3. The maximum absolute atomic E-state index is 12.8. The largest absolute Gasteiger partial charge is 0.373 e. The van der Waals surface area contributed by atoms with Gasteiger partial charge < -0.3 is 9.72 Å². The number of ether oxygens (including phenoxy) is 1. The van der Waals surface area contributed by atoms with Crippen molar-refractivity contribution in [3.63, 3.8) is 0 Å². The number of rotatable bonds is 3. The summed E-state index contributed by atoms with van der Waals surface area (Å²) < 4.78 is 5.78. The number of aryl methyl sites for hydroxylation is 1. The van der Waals surface area contributed by atoms with Gasteiger partial charge in [0.15, 0.2) is 0 Å². The van der Waals surface area contributed by atoms with Gasteiger partial charge in [-0.1, -0.05) is 30.3 Å². The molecule has 5 nitrogen and oxygen atoms in total. The lowest BCUT2D eigenvalue weighted by Crippen LogP contribution is -2.45. The predicted octanol–water partition coefficient (Wildman–Crippen LogP) is 3.57. The minimum atomic E-state index is -0.0532. The molecular weight excluding hydrogens is 346 g/mol. The summed E-state index contributed by atoms with van der Waals surface area (Å²) in [6.07, 6.45) is 0.394. The number of hydrogen-bond donors (Lipinski definition) is 1. The number of aromatic amines is 1. The Labute approximate surface area is 156 Å². The lowest BCUT2D eigenvalue weighted by atomic mass is 10.0. The Balaban J connectivity index is 1.71. The summed E-state index contributed by atoms with van der Waals surface area (Å²) in [5, 5.41) is 0.700. The van der Waals surface area contributed by atoms with E-state index in [1.54, 1.807) is 11.3 Å². The molecule has 0 radical (unpaired) electrons. The Kier molecular flexibility index (Phi) is 4.65. The smallest absolute Gasteiger partial charge is 0.260 e. The van der Waals surface area contributed by atoms with Crippen LogP contribution in [0.2, 0.25) is 0 Å². The van der Waals surface area contributed by atoms with E-state index in [4.69, 9.17) is 9.72 Å². The molecule has 2 unspecified atom stereocenters. The molecule has 26 heavy (non-hydrogen) atoms. The van der Waals surface area contributed by atoms with E-state index in [1.807, 2.05) is 30.3 Å². The molecule has 1 saturated heterocycles. The van der Waals surface area contributed by atoms with Crippen LogP contribution in [0.3, 0.4) is 0 Å². The van der Waals surface area contributed by atoms with Crippen molar-refractivity contribution in [2.45, 2.75) is 39.5 Å². The van der Waals surface area contributed by atoms with Crippen LogP contribution in [-0.2, 0) is 11.3 Å². The van der Waals surface area contributed by atoms with E-state index in [-0.39, 0.29) is 17.8 Å². The Morgan fingerprint density at radius 3 is 2.62 bits per heavy atom. The summed E-state index contributed by atoms with van der Waals surface area (Å²) in [4.78, 5) is 24.8. The Morgan fingerprint density at radius 2 is 1.92 bits per heavy atom. The second-order valence-electron chi connectivity index (χ2n) is 7.04. The summed E-state index contributed by atoms with van der Waals surface area (Å²) in [6, 6.07) is 10.1. The molecule has 1 aliphatic heterocycles. The van der Waals surface area contributed by atoms with Gasteiger partial charge in [0.1, 0.15) is 10.7 Å². The fraction of sp³-hybridized carbons (Fsp3) is 0.400. The fourth-order valence-corrected chi connectivity index (χ4v) is 4.88. The monoisotopic (exact) mass is 369 g/mol. The zero-order chi connectivity index (χ0) is 18.3. The molecule has 3 heterocycles. The molecule has 136 valence electrons. The molecule has 1 aliphatic rings. The van der Waals surface area contributed by atoms with Crippen LogP contribution in [-0.4, -0.2) is 40.2 Å². The first kappa shape index (κ1) is 17.4. The van der Waals surface area contributed by atoms with Gasteiger partial charge in [-0.3, -0.25) is 9.69 Å². The van der Waals surface area contributed by atoms with Crippen molar-refractivity contribution >= 4 is 21.6 Å². The molecule has 0 bridgehead atoms. The molecule has 1 aromatic carbocycles. The Hall–Kier alpha value is -2.02. The summed E-state index contributed by atoms with van der Waals surface area (Å²) in [6.45, 7) is 8.56. The Bertz CT molecular complexity index is 970. The van der Waals surface area contributed by atoms with Crippen LogP contribution in [0.15, 0.2) is 35.1 Å². The second kappa shape index (κ2) is 6.95. The lowest BCUT2D eigenvalue weighted by molar-refractivity contribution is -0.0710. The number of benzene rings is 1. The maximum atomic E-state index is 12.8. The van der Waals surface area contributed by atoms with E-state index >= 15 is 0 Å². The van der Waals surface area contributed by atoms with Gasteiger partial charge in [-0.15, -0.1) is 11.3 Å². The van der Waals surface area contributed by atoms with E-state index in [0.29, 0.717) is 11.9 Å². The van der Waals surface area contributed by atoms with Crippen molar-refractivity contribution in [2.75, 3.05) is 13.1 Å². The van der Waals surface area contributed by atoms with Crippen LogP contribution in [0.25, 0.3) is 21.3 Å². The molecular formula is C20H23N3O2S. The highest BCUT2D eigenvalue weighted by atomic mass is 32.1. The zero-order valence-corrected chi connectivity index (χ0v) is 16.1. The van der Waals surface area contributed by atoms with Gasteiger partial charge in [0.2, 0.25) is 0 Å². The predicted molar refractivity (Wildman–Crippen MR) is 106 cm³/mol. The molecule has 3 aromatic rings.